The second-order valence-corrected chi connectivity index (χ2v) is 4.98. The van der Waals surface area contributed by atoms with Gasteiger partial charge in [-0.05, 0) is 49.0 Å². The van der Waals surface area contributed by atoms with Crippen molar-refractivity contribution in [2.75, 3.05) is 7.11 Å². The van der Waals surface area contributed by atoms with Gasteiger partial charge in [0.05, 0.1) is 12.7 Å². The number of nitrogens with zero attached hydrogens (tertiary/aromatic N) is 3. The Morgan fingerprint density at radius 2 is 2.05 bits per heavy atom. The summed E-state index contributed by atoms with van der Waals surface area (Å²) in [4.78, 5) is 17.0. The molecule has 0 radical (unpaired) electrons. The minimum absolute atomic E-state index is 0.219. The van der Waals surface area contributed by atoms with Gasteiger partial charge < -0.3 is 4.74 Å². The van der Waals surface area contributed by atoms with E-state index in [9.17, 15) is 4.79 Å². The van der Waals surface area contributed by atoms with Crippen molar-refractivity contribution in [3.63, 3.8) is 0 Å². The Labute approximate surface area is 126 Å². The molecular weight excluding hydrogens is 286 g/mol. The van der Waals surface area contributed by atoms with Crippen molar-refractivity contribution >= 4 is 23.8 Å². The maximum absolute atomic E-state index is 12.8. The second-order valence-electron chi connectivity index (χ2n) is 4.62. The molecule has 0 amide bonds. The average Bonchev–Trinajstić information content (AvgIpc) is 2.81. The van der Waals surface area contributed by atoms with Gasteiger partial charge in [0.15, 0.2) is 5.65 Å². The topological polar surface area (TPSA) is 48.5 Å². The first kappa shape index (κ1) is 13.5. The van der Waals surface area contributed by atoms with Gasteiger partial charge in [-0.15, -0.1) is 0 Å². The Morgan fingerprint density at radius 3 is 2.81 bits per heavy atom. The van der Waals surface area contributed by atoms with E-state index in [-0.39, 0.29) is 10.7 Å². The van der Waals surface area contributed by atoms with E-state index >= 15 is 0 Å². The molecule has 6 heteroatoms. The molecule has 0 atom stereocenters. The van der Waals surface area contributed by atoms with E-state index in [0.717, 1.165) is 5.56 Å². The molecule has 0 unspecified atom stereocenters. The highest BCUT2D eigenvalue weighted by atomic mass is 32.1. The van der Waals surface area contributed by atoms with Gasteiger partial charge in [0.2, 0.25) is 4.77 Å². The normalized spacial score (nSPS) is 10.8. The number of carbonyl (C=O) groups is 1. The molecular formula is C15H13N3O2S. The van der Waals surface area contributed by atoms with Crippen LogP contribution in [0.15, 0.2) is 42.6 Å². The van der Waals surface area contributed by atoms with Gasteiger partial charge in [0.25, 0.3) is 5.91 Å². The molecule has 0 aliphatic carbocycles. The van der Waals surface area contributed by atoms with Crippen LogP contribution in [0.2, 0.25) is 0 Å². The van der Waals surface area contributed by atoms with Crippen molar-refractivity contribution in [1.82, 2.24) is 14.2 Å². The lowest BCUT2D eigenvalue weighted by atomic mass is 10.2. The van der Waals surface area contributed by atoms with Crippen LogP contribution < -0.4 is 4.74 Å². The summed E-state index contributed by atoms with van der Waals surface area (Å²) in [5.41, 5.74) is 2.14. The number of carbonyl (C=O) groups excluding carboxylic acids is 1. The Morgan fingerprint density at radius 1 is 1.29 bits per heavy atom. The quantitative estimate of drug-likeness (QED) is 0.683. The van der Waals surface area contributed by atoms with Crippen molar-refractivity contribution in [2.24, 2.45) is 0 Å². The summed E-state index contributed by atoms with van der Waals surface area (Å²) < 4.78 is 8.46. The summed E-state index contributed by atoms with van der Waals surface area (Å²) in [5, 5.41) is 0. The first-order valence-electron chi connectivity index (χ1n) is 6.37. The first-order chi connectivity index (χ1) is 10.1. The van der Waals surface area contributed by atoms with E-state index in [4.69, 9.17) is 17.0 Å². The van der Waals surface area contributed by atoms with Gasteiger partial charge in [-0.25, -0.2) is 4.52 Å². The molecule has 21 heavy (non-hydrogen) atoms. The maximum atomic E-state index is 12.8. The molecule has 0 spiro atoms. The van der Waals surface area contributed by atoms with Crippen molar-refractivity contribution in [3.05, 3.63) is 58.5 Å². The van der Waals surface area contributed by atoms with E-state index in [1.165, 1.54) is 11.8 Å². The van der Waals surface area contributed by atoms with Crippen molar-refractivity contribution in [3.8, 4) is 5.75 Å². The van der Waals surface area contributed by atoms with E-state index in [0.29, 0.717) is 17.0 Å². The first-order valence-corrected chi connectivity index (χ1v) is 6.78. The predicted molar refractivity (Wildman–Crippen MR) is 81.5 cm³/mol. The minimum Gasteiger partial charge on any atom is -0.496 e. The van der Waals surface area contributed by atoms with Gasteiger partial charge in [0, 0.05) is 6.20 Å². The number of fused-ring (bicyclic) bond motifs is 1. The highest BCUT2D eigenvalue weighted by molar-refractivity contribution is 7.71. The van der Waals surface area contributed by atoms with Gasteiger partial charge in [-0.2, -0.15) is 9.67 Å². The zero-order valence-electron chi connectivity index (χ0n) is 11.6. The summed E-state index contributed by atoms with van der Waals surface area (Å²) >= 11 is 5.22. The molecule has 0 fully saturated rings. The summed E-state index contributed by atoms with van der Waals surface area (Å²) in [5.74, 6) is 0.236. The van der Waals surface area contributed by atoms with E-state index < -0.39 is 0 Å². The van der Waals surface area contributed by atoms with Crippen LogP contribution in [0.1, 0.15) is 15.9 Å². The molecule has 0 aliphatic rings. The number of rotatable bonds is 2. The van der Waals surface area contributed by atoms with Crippen LogP contribution in [-0.2, 0) is 0 Å². The van der Waals surface area contributed by atoms with Gasteiger partial charge in [0.1, 0.15) is 5.75 Å². The third-order valence-corrected chi connectivity index (χ3v) is 3.47. The smallest absolute Gasteiger partial charge is 0.283 e. The average molecular weight is 299 g/mol. The molecule has 0 bridgehead atoms. The Bertz CT molecular complexity index is 895. The fourth-order valence-electron chi connectivity index (χ4n) is 2.19. The summed E-state index contributed by atoms with van der Waals surface area (Å²) in [7, 11) is 1.53. The Balaban J connectivity index is 2.23. The Kier molecular flexibility index (Phi) is 3.31. The SMILES string of the molecule is COc1ccccc1C(=O)n1c(=S)nc2cc(C)ccn21. The van der Waals surface area contributed by atoms with Gasteiger partial charge in [-0.1, -0.05) is 12.1 Å². The lowest BCUT2D eigenvalue weighted by Gasteiger charge is -2.09. The third-order valence-electron chi connectivity index (χ3n) is 3.21. The monoisotopic (exact) mass is 299 g/mol. The van der Waals surface area contributed by atoms with E-state index in [1.54, 1.807) is 28.9 Å². The lowest BCUT2D eigenvalue weighted by Crippen LogP contribution is -2.18. The fourth-order valence-corrected chi connectivity index (χ4v) is 2.46. The molecule has 2 heterocycles. The van der Waals surface area contributed by atoms with Gasteiger partial charge in [-0.3, -0.25) is 4.79 Å². The third kappa shape index (κ3) is 2.23. The summed E-state index contributed by atoms with van der Waals surface area (Å²) in [6.07, 6.45) is 1.78. The standard InChI is InChI=1S/C15H13N3O2S/c1-10-7-8-17-13(9-10)16-15(21)18(17)14(19)11-5-3-4-6-12(11)20-2/h3-9H,1-2H3. The van der Waals surface area contributed by atoms with Crippen LogP contribution in [0.5, 0.6) is 5.75 Å². The molecule has 5 nitrogen and oxygen atoms in total. The number of hydrogen-bond acceptors (Lipinski definition) is 4. The van der Waals surface area contributed by atoms with Crippen LogP contribution >= 0.6 is 12.2 Å². The molecule has 3 rings (SSSR count). The molecule has 0 saturated heterocycles. The molecule has 3 aromatic rings. The number of methoxy groups -OCH3 is 1. The predicted octanol–water partition coefficient (Wildman–Crippen LogP) is 2.87. The number of hydrogen-bond donors (Lipinski definition) is 0. The lowest BCUT2D eigenvalue weighted by molar-refractivity contribution is 0.0935. The van der Waals surface area contributed by atoms with Crippen molar-refractivity contribution < 1.29 is 9.53 Å². The second kappa shape index (κ2) is 5.14. The van der Waals surface area contributed by atoms with Crippen molar-refractivity contribution in [1.29, 1.82) is 0 Å². The highest BCUT2D eigenvalue weighted by Crippen LogP contribution is 2.19. The van der Waals surface area contributed by atoms with Crippen LogP contribution in [0.25, 0.3) is 5.65 Å². The highest BCUT2D eigenvalue weighted by Gasteiger charge is 2.17. The zero-order chi connectivity index (χ0) is 15.0. The number of para-hydroxylation sites is 1. The molecule has 106 valence electrons. The van der Waals surface area contributed by atoms with Crippen molar-refractivity contribution in [2.45, 2.75) is 6.92 Å². The number of aryl methyl sites for hydroxylation is 1. The summed E-state index contributed by atoms with van der Waals surface area (Å²) in [6.45, 7) is 1.96. The number of ether oxygens (including phenoxy) is 1. The number of aromatic nitrogens is 3. The maximum Gasteiger partial charge on any atom is 0.283 e. The van der Waals surface area contributed by atoms with Crippen LogP contribution in [-0.4, -0.2) is 27.2 Å². The number of benzene rings is 1. The van der Waals surface area contributed by atoms with E-state index in [2.05, 4.69) is 4.98 Å². The minimum atomic E-state index is -0.270. The molecule has 2 aromatic heterocycles. The largest absolute Gasteiger partial charge is 0.496 e. The van der Waals surface area contributed by atoms with Crippen LogP contribution in [0.3, 0.4) is 0 Å². The molecule has 0 N–H and O–H groups in total. The van der Waals surface area contributed by atoms with Crippen LogP contribution in [0, 0.1) is 11.7 Å². The summed E-state index contributed by atoms with van der Waals surface area (Å²) in [6, 6.07) is 10.8. The van der Waals surface area contributed by atoms with Crippen LogP contribution in [0.4, 0.5) is 0 Å². The fraction of sp³-hybridized carbons (Fsp3) is 0.133. The van der Waals surface area contributed by atoms with Gasteiger partial charge >= 0.3 is 0 Å². The molecule has 1 aromatic carbocycles. The zero-order valence-corrected chi connectivity index (χ0v) is 12.4. The molecule has 0 aliphatic heterocycles. The Hall–Kier alpha value is -2.47. The van der Waals surface area contributed by atoms with E-state index in [1.807, 2.05) is 25.1 Å². The molecule has 0 saturated carbocycles. The number of pyridine rings is 1.